The molecule has 200 valence electrons. The molecule has 0 aromatic rings. The van der Waals surface area contributed by atoms with Gasteiger partial charge in [0.15, 0.2) is 5.60 Å². The summed E-state index contributed by atoms with van der Waals surface area (Å²) in [6.45, 7) is 5.30. The number of alkyl halides is 3. The van der Waals surface area contributed by atoms with Crippen LogP contribution >= 0.6 is 0 Å². The van der Waals surface area contributed by atoms with Gasteiger partial charge in [0.25, 0.3) is 0 Å². The lowest BCUT2D eigenvalue weighted by Crippen LogP contribution is -2.49. The lowest BCUT2D eigenvalue weighted by molar-refractivity contribution is -0.253. The average Bonchev–Trinajstić information content (AvgIpc) is 2.73. The molecule has 3 rings (SSSR count). The SMILES string of the molecule is C[C@H](CNC(=O)C[C@](C)(O)C(F)(F)F)C1CCC[C@H]2/C(=C/C=C3C[C@@H](O)C[C@H](O)C3)CCC[C@]12C. The maximum Gasteiger partial charge on any atom is 0.417 e. The molecule has 1 amide bonds. The van der Waals surface area contributed by atoms with E-state index in [-0.39, 0.29) is 11.3 Å². The van der Waals surface area contributed by atoms with E-state index in [1.165, 1.54) is 5.57 Å². The van der Waals surface area contributed by atoms with Gasteiger partial charge in [0.05, 0.1) is 18.6 Å². The highest BCUT2D eigenvalue weighted by Crippen LogP contribution is 2.57. The third kappa shape index (κ3) is 6.69. The van der Waals surface area contributed by atoms with Crippen LogP contribution in [0, 0.1) is 23.2 Å². The Morgan fingerprint density at radius 1 is 1.17 bits per heavy atom. The summed E-state index contributed by atoms with van der Waals surface area (Å²) >= 11 is 0. The third-order valence-corrected chi connectivity index (χ3v) is 8.78. The van der Waals surface area contributed by atoms with E-state index in [1.54, 1.807) is 0 Å². The van der Waals surface area contributed by atoms with Gasteiger partial charge in [0.2, 0.25) is 5.91 Å². The van der Waals surface area contributed by atoms with Gasteiger partial charge in [-0.1, -0.05) is 43.6 Å². The average molecular weight is 502 g/mol. The fourth-order valence-corrected chi connectivity index (χ4v) is 6.83. The molecule has 0 spiro atoms. The molecule has 35 heavy (non-hydrogen) atoms. The zero-order valence-electron chi connectivity index (χ0n) is 21.2. The number of carbonyl (C=O) groups is 1. The largest absolute Gasteiger partial charge is 0.417 e. The maximum absolute atomic E-state index is 12.9. The van der Waals surface area contributed by atoms with Gasteiger partial charge in [-0.25, -0.2) is 0 Å². The van der Waals surface area contributed by atoms with Crippen LogP contribution in [0.25, 0.3) is 0 Å². The summed E-state index contributed by atoms with van der Waals surface area (Å²) in [7, 11) is 0. The molecule has 0 aromatic heterocycles. The van der Waals surface area contributed by atoms with Crippen molar-refractivity contribution < 1.29 is 33.3 Å². The predicted octanol–water partition coefficient (Wildman–Crippen LogP) is 4.81. The van der Waals surface area contributed by atoms with Gasteiger partial charge in [-0.3, -0.25) is 4.79 Å². The van der Waals surface area contributed by atoms with E-state index in [1.807, 2.05) is 0 Å². The molecule has 0 heterocycles. The van der Waals surface area contributed by atoms with Crippen LogP contribution < -0.4 is 5.32 Å². The first-order valence-electron chi connectivity index (χ1n) is 13.0. The Hall–Kier alpha value is -1.38. The second-order valence-corrected chi connectivity index (χ2v) is 11.7. The second-order valence-electron chi connectivity index (χ2n) is 11.7. The van der Waals surface area contributed by atoms with Crippen molar-refractivity contribution in [3.05, 3.63) is 23.3 Å². The highest BCUT2D eigenvalue weighted by molar-refractivity contribution is 5.77. The second kappa shape index (κ2) is 10.9. The predicted molar refractivity (Wildman–Crippen MR) is 128 cm³/mol. The van der Waals surface area contributed by atoms with E-state index in [0.29, 0.717) is 44.6 Å². The number of aliphatic hydroxyl groups excluding tert-OH is 2. The first-order valence-corrected chi connectivity index (χ1v) is 13.0. The normalized spacial score (nSPS) is 35.7. The Bertz CT molecular complexity index is 810. The highest BCUT2D eigenvalue weighted by Gasteiger charge is 2.51. The van der Waals surface area contributed by atoms with Crippen LogP contribution in [-0.2, 0) is 4.79 Å². The fraction of sp³-hybridized carbons (Fsp3) is 0.815. The number of carbonyl (C=O) groups excluding carboxylic acids is 1. The van der Waals surface area contributed by atoms with Crippen molar-refractivity contribution in [1.29, 1.82) is 0 Å². The van der Waals surface area contributed by atoms with Crippen LogP contribution in [0.15, 0.2) is 23.3 Å². The molecule has 3 saturated carbocycles. The summed E-state index contributed by atoms with van der Waals surface area (Å²) in [5.74, 6) is 0.0575. The maximum atomic E-state index is 12.9. The summed E-state index contributed by atoms with van der Waals surface area (Å²) < 4.78 is 38.7. The summed E-state index contributed by atoms with van der Waals surface area (Å²) in [6.07, 6.45) is 5.45. The minimum absolute atomic E-state index is 0.0496. The fourth-order valence-electron chi connectivity index (χ4n) is 6.83. The minimum atomic E-state index is -4.85. The summed E-state index contributed by atoms with van der Waals surface area (Å²) in [6, 6.07) is 0. The van der Waals surface area contributed by atoms with Crippen molar-refractivity contribution in [1.82, 2.24) is 5.32 Å². The van der Waals surface area contributed by atoms with E-state index in [2.05, 4.69) is 31.3 Å². The van der Waals surface area contributed by atoms with Crippen LogP contribution in [-0.4, -0.2) is 51.8 Å². The molecule has 4 N–H and O–H groups in total. The van der Waals surface area contributed by atoms with Crippen LogP contribution in [0.1, 0.15) is 85.0 Å². The van der Waals surface area contributed by atoms with Gasteiger partial charge in [-0.15, -0.1) is 0 Å². The number of hydrogen-bond acceptors (Lipinski definition) is 4. The van der Waals surface area contributed by atoms with E-state index in [4.69, 9.17) is 0 Å². The van der Waals surface area contributed by atoms with Gasteiger partial charge in [-0.2, -0.15) is 13.2 Å². The first kappa shape index (κ1) is 28.2. The zero-order valence-corrected chi connectivity index (χ0v) is 21.2. The molecule has 5 nitrogen and oxygen atoms in total. The van der Waals surface area contributed by atoms with Crippen molar-refractivity contribution in [2.75, 3.05) is 6.54 Å². The van der Waals surface area contributed by atoms with Crippen LogP contribution in [0.4, 0.5) is 13.2 Å². The highest BCUT2D eigenvalue weighted by atomic mass is 19.4. The molecule has 3 fully saturated rings. The minimum Gasteiger partial charge on any atom is -0.393 e. The van der Waals surface area contributed by atoms with E-state index in [0.717, 1.165) is 44.1 Å². The third-order valence-electron chi connectivity index (χ3n) is 8.78. The van der Waals surface area contributed by atoms with Gasteiger partial charge in [-0.05, 0) is 81.5 Å². The number of amides is 1. The van der Waals surface area contributed by atoms with Crippen molar-refractivity contribution in [3.63, 3.8) is 0 Å². The molecular weight excluding hydrogens is 459 g/mol. The first-order chi connectivity index (χ1) is 16.2. The Balaban J connectivity index is 1.66. The smallest absolute Gasteiger partial charge is 0.393 e. The molecule has 1 unspecified atom stereocenters. The standard InChI is InChI=1S/C27H42F3NO4/c1-17(16-31-24(34)15-26(3,35)27(28,29)30)22-7-4-8-23-19(6-5-11-25(22,23)2)10-9-18-12-20(32)14-21(33)13-18/h9-10,17,20-23,32-33,35H,4-8,11-16H2,1-3H3,(H,31,34)/b19-10+/t17-,20-,21-,22?,23+,25-,26+/m1/s1. The number of hydrogen-bond donors (Lipinski definition) is 4. The topological polar surface area (TPSA) is 89.8 Å². The van der Waals surface area contributed by atoms with E-state index < -0.39 is 36.3 Å². The van der Waals surface area contributed by atoms with Crippen molar-refractivity contribution in [3.8, 4) is 0 Å². The molecule has 8 heteroatoms. The molecular formula is C27H42F3NO4. The summed E-state index contributed by atoms with van der Waals surface area (Å²) in [4.78, 5) is 12.2. The van der Waals surface area contributed by atoms with Gasteiger partial charge in [0, 0.05) is 6.54 Å². The van der Waals surface area contributed by atoms with Crippen LogP contribution in [0.3, 0.4) is 0 Å². The Labute approximate surface area is 206 Å². The van der Waals surface area contributed by atoms with Gasteiger partial charge in [0.1, 0.15) is 0 Å². The van der Waals surface area contributed by atoms with Crippen LogP contribution in [0.2, 0.25) is 0 Å². The quantitative estimate of drug-likeness (QED) is 0.421. The summed E-state index contributed by atoms with van der Waals surface area (Å²) in [5.41, 5.74) is -0.504. The number of halogens is 3. The van der Waals surface area contributed by atoms with E-state index >= 15 is 0 Å². The Morgan fingerprint density at radius 2 is 1.83 bits per heavy atom. The molecule has 3 aliphatic carbocycles. The number of rotatable bonds is 6. The number of fused-ring (bicyclic) bond motifs is 1. The van der Waals surface area contributed by atoms with Crippen LogP contribution in [0.5, 0.6) is 0 Å². The van der Waals surface area contributed by atoms with Crippen molar-refractivity contribution >= 4 is 5.91 Å². The Kier molecular flexibility index (Phi) is 8.81. The molecule has 0 aromatic carbocycles. The molecule has 0 bridgehead atoms. The zero-order chi connectivity index (χ0) is 26.0. The molecule has 7 atom stereocenters. The number of nitrogens with one attached hydrogen (secondary N) is 1. The lowest BCUT2D eigenvalue weighted by atomic mass is 9.52. The Morgan fingerprint density at radius 3 is 2.46 bits per heavy atom. The van der Waals surface area contributed by atoms with E-state index in [9.17, 15) is 33.3 Å². The monoisotopic (exact) mass is 501 g/mol. The molecule has 0 aliphatic heterocycles. The molecule has 0 saturated heterocycles. The van der Waals surface area contributed by atoms with Crippen molar-refractivity contribution in [2.45, 2.75) is 109 Å². The lowest BCUT2D eigenvalue weighted by Gasteiger charge is -2.53. The molecule has 0 radical (unpaired) electrons. The number of aliphatic hydroxyl groups is 3. The van der Waals surface area contributed by atoms with Gasteiger partial charge < -0.3 is 20.6 Å². The summed E-state index contributed by atoms with van der Waals surface area (Å²) in [5, 5.41) is 32.2. The molecule has 3 aliphatic rings. The van der Waals surface area contributed by atoms with Gasteiger partial charge >= 0.3 is 6.18 Å². The number of allylic oxidation sites excluding steroid dienone is 3. The van der Waals surface area contributed by atoms with Crippen molar-refractivity contribution in [2.24, 2.45) is 23.2 Å².